The number of rotatable bonds is 4. The minimum Gasteiger partial charge on any atom is -0.311 e. The van der Waals surface area contributed by atoms with E-state index >= 15 is 0 Å². The van der Waals surface area contributed by atoms with Crippen molar-refractivity contribution in [3.63, 3.8) is 0 Å². The topological polar surface area (TPSA) is 23.6 Å². The third-order valence-corrected chi connectivity index (χ3v) is 6.08. The number of likely N-dealkylation sites (tertiary alicyclic amines) is 1. The number of hydrogen-bond acceptors (Lipinski definition) is 3. The molecule has 0 aliphatic carbocycles. The zero-order valence-electron chi connectivity index (χ0n) is 14.4. The maximum absolute atomic E-state index is 13.4. The molecule has 2 aliphatic heterocycles. The molecular weight excluding hydrogens is 316 g/mol. The summed E-state index contributed by atoms with van der Waals surface area (Å²) in [6, 6.07) is 12.7. The van der Waals surface area contributed by atoms with Gasteiger partial charge in [0.05, 0.1) is 5.41 Å². The molecule has 2 aliphatic rings. The van der Waals surface area contributed by atoms with Gasteiger partial charge >= 0.3 is 0 Å². The van der Waals surface area contributed by atoms with Gasteiger partial charge < -0.3 is 4.90 Å². The maximum atomic E-state index is 13.4. The smallest absolute Gasteiger partial charge is 0.239 e. The van der Waals surface area contributed by atoms with Gasteiger partial charge in [-0.2, -0.15) is 0 Å². The molecule has 1 aromatic heterocycles. The van der Waals surface area contributed by atoms with E-state index in [9.17, 15) is 4.79 Å². The van der Waals surface area contributed by atoms with Crippen LogP contribution in [0.1, 0.15) is 30.7 Å². The third kappa shape index (κ3) is 2.49. The molecule has 2 aromatic rings. The normalized spacial score (nSPS) is 23.6. The molecule has 1 fully saturated rings. The number of anilines is 1. The van der Waals surface area contributed by atoms with Gasteiger partial charge in [-0.05, 0) is 42.0 Å². The van der Waals surface area contributed by atoms with Gasteiger partial charge in [-0.25, -0.2) is 0 Å². The molecule has 1 unspecified atom stereocenters. The predicted octanol–water partition coefficient (Wildman–Crippen LogP) is 3.89. The highest BCUT2D eigenvalue weighted by Crippen LogP contribution is 2.47. The highest BCUT2D eigenvalue weighted by molar-refractivity contribution is 7.09. The second-order valence-corrected chi connectivity index (χ2v) is 8.48. The molecule has 1 aromatic carbocycles. The van der Waals surface area contributed by atoms with E-state index in [2.05, 4.69) is 60.5 Å². The Balaban J connectivity index is 1.64. The van der Waals surface area contributed by atoms with E-state index in [1.807, 2.05) is 4.90 Å². The van der Waals surface area contributed by atoms with Crippen molar-refractivity contribution in [1.29, 1.82) is 0 Å². The summed E-state index contributed by atoms with van der Waals surface area (Å²) < 4.78 is 0. The van der Waals surface area contributed by atoms with Crippen LogP contribution < -0.4 is 4.90 Å². The summed E-state index contributed by atoms with van der Waals surface area (Å²) >= 11 is 1.80. The summed E-state index contributed by atoms with van der Waals surface area (Å²) in [5.41, 5.74) is 2.04. The minimum atomic E-state index is -0.331. The van der Waals surface area contributed by atoms with Gasteiger partial charge in [0.25, 0.3) is 0 Å². The van der Waals surface area contributed by atoms with Crippen LogP contribution in [0.15, 0.2) is 41.8 Å². The molecular formula is C20H24N2OS. The van der Waals surface area contributed by atoms with E-state index in [-0.39, 0.29) is 5.41 Å². The van der Waals surface area contributed by atoms with E-state index in [1.165, 1.54) is 10.4 Å². The van der Waals surface area contributed by atoms with E-state index in [0.717, 1.165) is 38.3 Å². The molecule has 126 valence electrons. The summed E-state index contributed by atoms with van der Waals surface area (Å²) in [7, 11) is 0. The number of amides is 1. The van der Waals surface area contributed by atoms with Gasteiger partial charge in [-0.1, -0.05) is 38.1 Å². The molecule has 4 rings (SSSR count). The van der Waals surface area contributed by atoms with Crippen molar-refractivity contribution in [2.75, 3.05) is 24.5 Å². The highest BCUT2D eigenvalue weighted by atomic mass is 32.1. The van der Waals surface area contributed by atoms with Gasteiger partial charge in [-0.3, -0.25) is 9.69 Å². The summed E-state index contributed by atoms with van der Waals surface area (Å²) in [6.45, 7) is 7.96. The Labute approximate surface area is 147 Å². The average Bonchev–Trinajstić information content (AvgIpc) is 3.26. The quantitative estimate of drug-likeness (QED) is 0.843. The lowest BCUT2D eigenvalue weighted by Gasteiger charge is -2.25. The van der Waals surface area contributed by atoms with Crippen molar-refractivity contribution in [3.05, 3.63) is 52.2 Å². The van der Waals surface area contributed by atoms with Crippen LogP contribution in [0, 0.1) is 5.92 Å². The largest absolute Gasteiger partial charge is 0.311 e. The molecule has 1 saturated heterocycles. The van der Waals surface area contributed by atoms with Crippen LogP contribution in [0.4, 0.5) is 5.69 Å². The highest BCUT2D eigenvalue weighted by Gasteiger charge is 2.54. The number of carbonyl (C=O) groups excluding carboxylic acids is 1. The van der Waals surface area contributed by atoms with Crippen molar-refractivity contribution in [3.8, 4) is 0 Å². The molecule has 0 radical (unpaired) electrons. The molecule has 1 spiro atoms. The van der Waals surface area contributed by atoms with Crippen LogP contribution in [-0.2, 0) is 16.8 Å². The van der Waals surface area contributed by atoms with E-state index in [0.29, 0.717) is 11.8 Å². The van der Waals surface area contributed by atoms with Gasteiger partial charge in [0, 0.05) is 30.2 Å². The Hall–Kier alpha value is -1.65. The second kappa shape index (κ2) is 6.01. The first-order valence-electron chi connectivity index (χ1n) is 8.76. The Bertz CT molecular complexity index is 740. The average molecular weight is 340 g/mol. The molecule has 3 heterocycles. The number of para-hydroxylation sites is 1. The van der Waals surface area contributed by atoms with E-state index < -0.39 is 0 Å². The molecule has 0 saturated carbocycles. The first kappa shape index (κ1) is 15.9. The number of thiophene rings is 1. The predicted molar refractivity (Wildman–Crippen MR) is 99.5 cm³/mol. The fraction of sp³-hybridized carbons (Fsp3) is 0.450. The van der Waals surface area contributed by atoms with Crippen LogP contribution >= 0.6 is 11.3 Å². The molecule has 3 nitrogen and oxygen atoms in total. The molecule has 4 heteroatoms. The Kier molecular flexibility index (Phi) is 3.97. The first-order valence-corrected chi connectivity index (χ1v) is 9.64. The summed E-state index contributed by atoms with van der Waals surface area (Å²) in [5, 5.41) is 2.13. The Morgan fingerprint density at radius 3 is 2.79 bits per heavy atom. The van der Waals surface area contributed by atoms with Gasteiger partial charge in [0.15, 0.2) is 0 Å². The van der Waals surface area contributed by atoms with Crippen molar-refractivity contribution < 1.29 is 4.79 Å². The maximum Gasteiger partial charge on any atom is 0.239 e. The Morgan fingerprint density at radius 2 is 2.04 bits per heavy atom. The number of carbonyl (C=O) groups is 1. The van der Waals surface area contributed by atoms with Gasteiger partial charge in [-0.15, -0.1) is 11.3 Å². The fourth-order valence-electron chi connectivity index (χ4n) is 4.18. The van der Waals surface area contributed by atoms with Crippen molar-refractivity contribution >= 4 is 22.9 Å². The zero-order valence-corrected chi connectivity index (χ0v) is 15.2. The lowest BCUT2D eigenvalue weighted by molar-refractivity contribution is -0.122. The fourth-order valence-corrected chi connectivity index (χ4v) is 4.93. The van der Waals surface area contributed by atoms with Crippen molar-refractivity contribution in [2.24, 2.45) is 5.92 Å². The van der Waals surface area contributed by atoms with E-state index in [1.54, 1.807) is 11.3 Å². The van der Waals surface area contributed by atoms with Gasteiger partial charge in [0.2, 0.25) is 5.91 Å². The lowest BCUT2D eigenvalue weighted by atomic mass is 9.81. The summed E-state index contributed by atoms with van der Waals surface area (Å²) in [5.74, 6) is 0.784. The van der Waals surface area contributed by atoms with Crippen LogP contribution in [0.2, 0.25) is 0 Å². The van der Waals surface area contributed by atoms with Crippen molar-refractivity contribution in [1.82, 2.24) is 4.90 Å². The summed E-state index contributed by atoms with van der Waals surface area (Å²) in [6.07, 6.45) is 0.933. The zero-order chi connectivity index (χ0) is 16.7. The third-order valence-electron chi connectivity index (χ3n) is 5.22. The molecule has 0 bridgehead atoms. The van der Waals surface area contributed by atoms with Crippen molar-refractivity contribution in [2.45, 2.75) is 32.2 Å². The van der Waals surface area contributed by atoms with Crippen LogP contribution in [-0.4, -0.2) is 30.4 Å². The van der Waals surface area contributed by atoms with Crippen LogP contribution in [0.25, 0.3) is 0 Å². The minimum absolute atomic E-state index is 0.311. The molecule has 1 amide bonds. The number of benzene rings is 1. The lowest BCUT2D eigenvalue weighted by Crippen LogP contribution is -2.43. The monoisotopic (exact) mass is 340 g/mol. The SMILES string of the molecule is CC(C)CN1C(=O)C2(CCN(Cc3cccs3)C2)c2ccccc21. The number of nitrogens with zero attached hydrogens (tertiary/aromatic N) is 2. The summed E-state index contributed by atoms with van der Waals surface area (Å²) in [4.78, 5) is 19.2. The van der Waals surface area contributed by atoms with Crippen LogP contribution in [0.5, 0.6) is 0 Å². The number of fused-ring (bicyclic) bond motifs is 2. The standard InChI is InChI=1S/C20H24N2OS/c1-15(2)12-22-18-8-4-3-7-17(18)20(19(22)23)9-10-21(14-20)13-16-6-5-11-24-16/h3-8,11,15H,9-10,12-14H2,1-2H3. The molecule has 1 atom stereocenters. The Morgan fingerprint density at radius 1 is 1.21 bits per heavy atom. The van der Waals surface area contributed by atoms with E-state index in [4.69, 9.17) is 0 Å². The van der Waals surface area contributed by atoms with Gasteiger partial charge in [0.1, 0.15) is 0 Å². The molecule has 24 heavy (non-hydrogen) atoms. The molecule has 0 N–H and O–H groups in total. The number of hydrogen-bond donors (Lipinski definition) is 0. The second-order valence-electron chi connectivity index (χ2n) is 7.45. The van der Waals surface area contributed by atoms with Crippen LogP contribution in [0.3, 0.4) is 0 Å². The first-order chi connectivity index (χ1) is 11.6.